The molecule has 1 aromatic rings. The Balaban J connectivity index is 1.98. The van der Waals surface area contributed by atoms with E-state index in [9.17, 15) is 19.5 Å². The maximum atomic E-state index is 12.6. The molecule has 2 aliphatic rings. The van der Waals surface area contributed by atoms with E-state index in [2.05, 4.69) is 5.32 Å². The van der Waals surface area contributed by atoms with E-state index in [1.807, 2.05) is 0 Å². The number of hydrogen-bond donors (Lipinski definition) is 2. The third-order valence-corrected chi connectivity index (χ3v) is 4.73. The number of fused-ring (bicyclic) bond motifs is 1. The molecule has 0 bridgehead atoms. The largest absolute Gasteiger partial charge is 0.380 e. The van der Waals surface area contributed by atoms with Crippen LogP contribution < -0.4 is 5.32 Å². The number of ketones is 2. The average molecular weight is 287 g/mol. The minimum absolute atomic E-state index is 0.00737. The van der Waals surface area contributed by atoms with Gasteiger partial charge in [-0.2, -0.15) is 0 Å². The average Bonchev–Trinajstić information content (AvgIpc) is 2.76. The van der Waals surface area contributed by atoms with Crippen LogP contribution in [0.1, 0.15) is 30.1 Å². The first-order valence-corrected chi connectivity index (χ1v) is 7.10. The summed E-state index contributed by atoms with van der Waals surface area (Å²) in [5.74, 6) is -2.01. The molecule has 3 rings (SSSR count). The molecule has 2 fully saturated rings. The molecular weight excluding hydrogens is 270 g/mol. The van der Waals surface area contributed by atoms with Crippen molar-refractivity contribution in [3.05, 3.63) is 35.9 Å². The van der Waals surface area contributed by atoms with Gasteiger partial charge in [-0.25, -0.2) is 0 Å². The van der Waals surface area contributed by atoms with Crippen LogP contribution in [-0.4, -0.2) is 34.2 Å². The number of benzene rings is 1. The number of carbonyl (C=O) groups is 3. The Labute approximate surface area is 122 Å². The maximum absolute atomic E-state index is 12.6. The van der Waals surface area contributed by atoms with Crippen molar-refractivity contribution in [2.45, 2.75) is 31.4 Å². The van der Waals surface area contributed by atoms with E-state index < -0.39 is 29.4 Å². The molecule has 1 amide bonds. The summed E-state index contributed by atoms with van der Waals surface area (Å²) < 4.78 is 0. The Morgan fingerprint density at radius 3 is 2.62 bits per heavy atom. The minimum atomic E-state index is -1.61. The molecule has 110 valence electrons. The lowest BCUT2D eigenvalue weighted by atomic mass is 9.67. The Bertz CT molecular complexity index is 612. The van der Waals surface area contributed by atoms with Gasteiger partial charge < -0.3 is 10.4 Å². The molecule has 0 unspecified atom stereocenters. The lowest BCUT2D eigenvalue weighted by Crippen LogP contribution is -2.52. The second-order valence-corrected chi connectivity index (χ2v) is 5.89. The highest BCUT2D eigenvalue weighted by molar-refractivity contribution is 6.06. The molecule has 1 heterocycles. The van der Waals surface area contributed by atoms with Crippen LogP contribution in [0.3, 0.4) is 0 Å². The molecule has 1 saturated heterocycles. The molecule has 5 nitrogen and oxygen atoms in total. The molecule has 1 aromatic carbocycles. The number of amides is 1. The summed E-state index contributed by atoms with van der Waals surface area (Å²) in [6, 6.07) is 7.77. The molecule has 21 heavy (non-hydrogen) atoms. The van der Waals surface area contributed by atoms with E-state index in [0.29, 0.717) is 5.56 Å². The quantitative estimate of drug-likeness (QED) is 0.785. The topological polar surface area (TPSA) is 83.5 Å². The van der Waals surface area contributed by atoms with Crippen LogP contribution in [-0.2, 0) is 9.59 Å². The highest BCUT2D eigenvalue weighted by Gasteiger charge is 2.61. The highest BCUT2D eigenvalue weighted by Crippen LogP contribution is 2.43. The molecule has 0 radical (unpaired) electrons. The number of hydrogen-bond acceptors (Lipinski definition) is 4. The van der Waals surface area contributed by atoms with Crippen molar-refractivity contribution in [2.24, 2.45) is 11.8 Å². The normalized spacial score (nSPS) is 35.2. The van der Waals surface area contributed by atoms with Crippen molar-refractivity contribution in [3.8, 4) is 0 Å². The molecule has 1 saturated carbocycles. The first kappa shape index (κ1) is 13.9. The van der Waals surface area contributed by atoms with Crippen LogP contribution in [0.5, 0.6) is 0 Å². The van der Waals surface area contributed by atoms with E-state index >= 15 is 0 Å². The minimum Gasteiger partial charge on any atom is -0.380 e. The zero-order valence-electron chi connectivity index (χ0n) is 11.7. The smallest absolute Gasteiger partial charge is 0.252 e. The summed E-state index contributed by atoms with van der Waals surface area (Å²) in [5.41, 5.74) is -1.14. The van der Waals surface area contributed by atoms with Crippen molar-refractivity contribution in [3.63, 3.8) is 0 Å². The van der Waals surface area contributed by atoms with Gasteiger partial charge in [0.1, 0.15) is 11.4 Å². The molecule has 4 atom stereocenters. The van der Waals surface area contributed by atoms with Gasteiger partial charge in [0.15, 0.2) is 5.78 Å². The zero-order valence-corrected chi connectivity index (χ0v) is 11.7. The van der Waals surface area contributed by atoms with E-state index in [4.69, 9.17) is 0 Å². The second-order valence-electron chi connectivity index (χ2n) is 5.89. The third-order valence-electron chi connectivity index (χ3n) is 4.73. The van der Waals surface area contributed by atoms with Gasteiger partial charge in [-0.15, -0.1) is 0 Å². The molecule has 0 aromatic heterocycles. The van der Waals surface area contributed by atoms with Gasteiger partial charge in [0.2, 0.25) is 0 Å². The summed E-state index contributed by atoms with van der Waals surface area (Å²) in [5, 5.41) is 13.2. The predicted octanol–water partition coefficient (Wildman–Crippen LogP) is 0.714. The summed E-state index contributed by atoms with van der Waals surface area (Å²) in [6.07, 6.45) is 0.263. The fraction of sp³-hybridized carbons (Fsp3) is 0.438. The first-order valence-electron chi connectivity index (χ1n) is 7.10. The van der Waals surface area contributed by atoms with Crippen LogP contribution in [0.2, 0.25) is 0 Å². The third kappa shape index (κ3) is 2.00. The molecule has 0 spiro atoms. The first-order chi connectivity index (χ1) is 9.95. The fourth-order valence-corrected chi connectivity index (χ4v) is 3.52. The van der Waals surface area contributed by atoms with Gasteiger partial charge in [0, 0.05) is 23.8 Å². The zero-order chi connectivity index (χ0) is 15.2. The SMILES string of the molecule is C[C@H]1C(=O)CC[C@@]2(O)C(=O)N[C@H](C(=O)c3ccccc3)[C@@H]12. The van der Waals surface area contributed by atoms with Crippen molar-refractivity contribution in [1.29, 1.82) is 0 Å². The summed E-state index contributed by atoms with van der Waals surface area (Å²) in [7, 11) is 0. The van der Waals surface area contributed by atoms with Gasteiger partial charge in [0.05, 0.1) is 6.04 Å². The number of aliphatic hydroxyl groups is 1. The summed E-state index contributed by atoms with van der Waals surface area (Å²) in [6.45, 7) is 1.68. The molecular formula is C16H17NO4. The Hall–Kier alpha value is -2.01. The lowest BCUT2D eigenvalue weighted by Gasteiger charge is -2.37. The van der Waals surface area contributed by atoms with Crippen LogP contribution in [0.15, 0.2) is 30.3 Å². The van der Waals surface area contributed by atoms with Gasteiger partial charge in [-0.1, -0.05) is 37.3 Å². The Kier molecular flexibility index (Phi) is 3.17. The second kappa shape index (κ2) is 4.77. The van der Waals surface area contributed by atoms with Crippen LogP contribution >= 0.6 is 0 Å². The summed E-state index contributed by atoms with van der Waals surface area (Å²) >= 11 is 0. The number of Topliss-reactive ketones (excluding diaryl/α,β-unsaturated/α-hetero) is 2. The monoisotopic (exact) mass is 287 g/mol. The highest BCUT2D eigenvalue weighted by atomic mass is 16.3. The number of carbonyl (C=O) groups excluding carboxylic acids is 3. The summed E-state index contributed by atoms with van der Waals surface area (Å²) in [4.78, 5) is 36.6. The van der Waals surface area contributed by atoms with Gasteiger partial charge in [-0.3, -0.25) is 14.4 Å². The maximum Gasteiger partial charge on any atom is 0.252 e. The van der Waals surface area contributed by atoms with Gasteiger partial charge >= 0.3 is 0 Å². The molecule has 1 aliphatic carbocycles. The van der Waals surface area contributed by atoms with E-state index in [1.54, 1.807) is 37.3 Å². The Morgan fingerprint density at radius 2 is 1.95 bits per heavy atom. The van der Waals surface area contributed by atoms with Crippen molar-refractivity contribution >= 4 is 17.5 Å². The van der Waals surface area contributed by atoms with Crippen molar-refractivity contribution in [2.75, 3.05) is 0 Å². The molecule has 5 heteroatoms. The fourth-order valence-electron chi connectivity index (χ4n) is 3.52. The van der Waals surface area contributed by atoms with Gasteiger partial charge in [-0.05, 0) is 6.42 Å². The number of nitrogens with one attached hydrogen (secondary N) is 1. The predicted molar refractivity (Wildman–Crippen MR) is 74.5 cm³/mol. The van der Waals surface area contributed by atoms with Crippen LogP contribution in [0.4, 0.5) is 0 Å². The molecule has 1 aliphatic heterocycles. The Morgan fingerprint density at radius 1 is 1.29 bits per heavy atom. The standard InChI is InChI=1S/C16H17NO4/c1-9-11(18)7-8-16(21)12(9)13(17-15(16)20)14(19)10-5-3-2-4-6-10/h2-6,9,12-13,21H,7-8H2,1H3,(H,17,20)/t9-,12+,13-,16-/m0/s1. The van der Waals surface area contributed by atoms with E-state index in [0.717, 1.165) is 0 Å². The van der Waals surface area contributed by atoms with E-state index in [1.165, 1.54) is 0 Å². The van der Waals surface area contributed by atoms with E-state index in [-0.39, 0.29) is 24.4 Å². The van der Waals surface area contributed by atoms with Gasteiger partial charge in [0.25, 0.3) is 5.91 Å². The van der Waals surface area contributed by atoms with Crippen molar-refractivity contribution in [1.82, 2.24) is 5.32 Å². The van der Waals surface area contributed by atoms with Crippen molar-refractivity contribution < 1.29 is 19.5 Å². The van der Waals surface area contributed by atoms with Crippen LogP contribution in [0.25, 0.3) is 0 Å². The van der Waals surface area contributed by atoms with Crippen LogP contribution in [0, 0.1) is 11.8 Å². The number of rotatable bonds is 2. The molecule has 2 N–H and O–H groups in total. The lowest BCUT2D eigenvalue weighted by molar-refractivity contribution is -0.149.